The Bertz CT molecular complexity index is 646. The first-order valence-electron chi connectivity index (χ1n) is 8.88. The number of nitrogens with zero attached hydrogens (tertiary/aromatic N) is 1. The fourth-order valence-corrected chi connectivity index (χ4v) is 3.97. The van der Waals surface area contributed by atoms with Crippen molar-refractivity contribution in [3.8, 4) is 0 Å². The molecule has 0 aromatic heterocycles. The molecule has 1 aliphatic heterocycles. The summed E-state index contributed by atoms with van der Waals surface area (Å²) in [5.41, 5.74) is 1.91. The molecule has 3 unspecified atom stereocenters. The van der Waals surface area contributed by atoms with Crippen LogP contribution in [0.1, 0.15) is 44.6 Å². The second-order valence-electron chi connectivity index (χ2n) is 6.99. The van der Waals surface area contributed by atoms with E-state index in [9.17, 15) is 9.59 Å². The maximum absolute atomic E-state index is 12.7. The average Bonchev–Trinajstić information content (AvgIpc) is 3.38. The highest BCUT2D eigenvalue weighted by Crippen LogP contribution is 2.42. The second kappa shape index (κ2) is 7.26. The number of hydrogen-bond acceptors (Lipinski definition) is 2. The van der Waals surface area contributed by atoms with Crippen molar-refractivity contribution in [3.05, 3.63) is 28.2 Å². The highest BCUT2D eigenvalue weighted by molar-refractivity contribution is 9.10. The van der Waals surface area contributed by atoms with E-state index in [4.69, 9.17) is 0 Å². The van der Waals surface area contributed by atoms with E-state index in [1.54, 1.807) is 0 Å². The Hall–Kier alpha value is -1.36. The molecule has 1 aliphatic carbocycles. The zero-order valence-corrected chi connectivity index (χ0v) is 15.9. The third-order valence-electron chi connectivity index (χ3n) is 5.27. The topological polar surface area (TPSA) is 49.4 Å². The lowest BCUT2D eigenvalue weighted by molar-refractivity contribution is -0.137. The summed E-state index contributed by atoms with van der Waals surface area (Å²) in [6.07, 6.45) is 5.09. The van der Waals surface area contributed by atoms with Crippen LogP contribution in [0.25, 0.3) is 0 Å². The molecule has 24 heavy (non-hydrogen) atoms. The molecule has 4 nitrogen and oxygen atoms in total. The largest absolute Gasteiger partial charge is 0.339 e. The molecule has 1 aromatic rings. The minimum Gasteiger partial charge on any atom is -0.339 e. The zero-order valence-electron chi connectivity index (χ0n) is 14.3. The first-order chi connectivity index (χ1) is 11.5. The molecule has 2 aliphatic rings. The van der Waals surface area contributed by atoms with E-state index in [0.717, 1.165) is 41.5 Å². The number of amides is 2. The Labute approximate surface area is 152 Å². The highest BCUT2D eigenvalue weighted by atomic mass is 79.9. The fraction of sp³-hybridized carbons (Fsp3) is 0.579. The number of carbonyl (C=O) groups excluding carboxylic acids is 2. The van der Waals surface area contributed by atoms with Crippen molar-refractivity contribution in [1.82, 2.24) is 4.90 Å². The summed E-state index contributed by atoms with van der Waals surface area (Å²) in [6, 6.07) is 6.14. The van der Waals surface area contributed by atoms with Crippen molar-refractivity contribution in [1.29, 1.82) is 0 Å². The van der Waals surface area contributed by atoms with Gasteiger partial charge in [-0.15, -0.1) is 0 Å². The quantitative estimate of drug-likeness (QED) is 0.837. The SMILES string of the molecule is CCC1CCCCN1C(=O)C1CC1C(=O)Nc1ccc(C)c(Br)c1. The van der Waals surface area contributed by atoms with Gasteiger partial charge in [0.05, 0.1) is 11.8 Å². The van der Waals surface area contributed by atoms with Crippen molar-refractivity contribution < 1.29 is 9.59 Å². The number of rotatable bonds is 4. The summed E-state index contributed by atoms with van der Waals surface area (Å²) in [4.78, 5) is 27.2. The van der Waals surface area contributed by atoms with Gasteiger partial charge in [-0.3, -0.25) is 9.59 Å². The molecular formula is C19H25BrN2O2. The first-order valence-corrected chi connectivity index (χ1v) is 9.68. The number of aryl methyl sites for hydroxylation is 1. The summed E-state index contributed by atoms with van der Waals surface area (Å²) < 4.78 is 0.975. The fourth-order valence-electron chi connectivity index (χ4n) is 3.59. The summed E-state index contributed by atoms with van der Waals surface area (Å²) in [5.74, 6) is -0.135. The molecule has 1 N–H and O–H groups in total. The van der Waals surface area contributed by atoms with Crippen LogP contribution in [-0.2, 0) is 9.59 Å². The second-order valence-corrected chi connectivity index (χ2v) is 7.85. The van der Waals surface area contributed by atoms with Crippen molar-refractivity contribution in [2.75, 3.05) is 11.9 Å². The molecular weight excluding hydrogens is 368 g/mol. The van der Waals surface area contributed by atoms with Crippen molar-refractivity contribution in [3.63, 3.8) is 0 Å². The third kappa shape index (κ3) is 3.66. The zero-order chi connectivity index (χ0) is 17.3. The Morgan fingerprint density at radius 3 is 2.79 bits per heavy atom. The normalized spacial score (nSPS) is 26.1. The standard InChI is InChI=1S/C19H25BrN2O2/c1-3-14-6-4-5-9-22(14)19(24)16-11-15(16)18(23)21-13-8-7-12(2)17(20)10-13/h7-8,10,14-16H,3-6,9,11H2,1-2H3,(H,21,23). The monoisotopic (exact) mass is 392 g/mol. The van der Waals surface area contributed by atoms with Gasteiger partial charge in [-0.25, -0.2) is 0 Å². The Kier molecular flexibility index (Phi) is 5.28. The predicted molar refractivity (Wildman–Crippen MR) is 98.7 cm³/mol. The predicted octanol–water partition coefficient (Wildman–Crippen LogP) is 4.12. The number of benzene rings is 1. The van der Waals surface area contributed by atoms with E-state index < -0.39 is 0 Å². The highest BCUT2D eigenvalue weighted by Gasteiger charge is 2.50. The van der Waals surface area contributed by atoms with E-state index in [1.165, 1.54) is 6.42 Å². The molecule has 0 radical (unpaired) electrons. The smallest absolute Gasteiger partial charge is 0.228 e. The average molecular weight is 393 g/mol. The van der Waals surface area contributed by atoms with Gasteiger partial charge in [-0.05, 0) is 56.7 Å². The lowest BCUT2D eigenvalue weighted by atomic mass is 9.99. The molecule has 2 amide bonds. The van der Waals surface area contributed by atoms with Gasteiger partial charge in [0.2, 0.25) is 11.8 Å². The summed E-state index contributed by atoms with van der Waals surface area (Å²) >= 11 is 3.48. The number of anilines is 1. The van der Waals surface area contributed by atoms with E-state index in [-0.39, 0.29) is 23.7 Å². The number of nitrogens with one attached hydrogen (secondary N) is 1. The maximum Gasteiger partial charge on any atom is 0.228 e. The summed E-state index contributed by atoms with van der Waals surface area (Å²) in [6.45, 7) is 5.00. The Morgan fingerprint density at radius 1 is 1.29 bits per heavy atom. The van der Waals surface area contributed by atoms with Crippen molar-refractivity contribution >= 4 is 33.4 Å². The molecule has 1 aromatic carbocycles. The number of carbonyl (C=O) groups is 2. The Balaban J connectivity index is 1.58. The third-order valence-corrected chi connectivity index (χ3v) is 6.12. The van der Waals surface area contributed by atoms with Gasteiger partial charge in [0.1, 0.15) is 0 Å². The van der Waals surface area contributed by atoms with Crippen LogP contribution >= 0.6 is 15.9 Å². The van der Waals surface area contributed by atoms with E-state index >= 15 is 0 Å². The number of hydrogen-bond donors (Lipinski definition) is 1. The van der Waals surface area contributed by atoms with Crippen LogP contribution in [0, 0.1) is 18.8 Å². The maximum atomic E-state index is 12.7. The first kappa shape index (κ1) is 17.5. The molecule has 0 spiro atoms. The van der Waals surface area contributed by atoms with Gasteiger partial charge in [-0.1, -0.05) is 28.9 Å². The van der Waals surface area contributed by atoms with Crippen LogP contribution in [0.2, 0.25) is 0 Å². The number of likely N-dealkylation sites (tertiary alicyclic amines) is 1. The molecule has 1 heterocycles. The summed E-state index contributed by atoms with van der Waals surface area (Å²) in [7, 11) is 0. The van der Waals surface area contributed by atoms with E-state index in [0.29, 0.717) is 12.5 Å². The van der Waals surface area contributed by atoms with Gasteiger partial charge < -0.3 is 10.2 Å². The van der Waals surface area contributed by atoms with Crippen LogP contribution in [0.15, 0.2) is 22.7 Å². The molecule has 1 saturated heterocycles. The minimum atomic E-state index is -0.169. The lowest BCUT2D eigenvalue weighted by Gasteiger charge is -2.35. The van der Waals surface area contributed by atoms with Gasteiger partial charge in [0.25, 0.3) is 0 Å². The van der Waals surface area contributed by atoms with Crippen LogP contribution < -0.4 is 5.32 Å². The summed E-state index contributed by atoms with van der Waals surface area (Å²) in [5, 5.41) is 2.95. The lowest BCUT2D eigenvalue weighted by Crippen LogP contribution is -2.44. The number of piperidine rings is 1. The van der Waals surface area contributed by atoms with E-state index in [2.05, 4.69) is 28.2 Å². The van der Waals surface area contributed by atoms with Crippen LogP contribution in [0.5, 0.6) is 0 Å². The van der Waals surface area contributed by atoms with Gasteiger partial charge in [-0.2, -0.15) is 0 Å². The molecule has 5 heteroatoms. The van der Waals surface area contributed by atoms with Gasteiger partial charge in [0.15, 0.2) is 0 Å². The van der Waals surface area contributed by atoms with Crippen molar-refractivity contribution in [2.45, 2.75) is 52.0 Å². The Morgan fingerprint density at radius 2 is 2.08 bits per heavy atom. The van der Waals surface area contributed by atoms with Gasteiger partial charge in [0, 0.05) is 22.7 Å². The van der Waals surface area contributed by atoms with Crippen LogP contribution in [0.3, 0.4) is 0 Å². The van der Waals surface area contributed by atoms with Crippen molar-refractivity contribution in [2.24, 2.45) is 11.8 Å². The van der Waals surface area contributed by atoms with Crippen LogP contribution in [-0.4, -0.2) is 29.3 Å². The van der Waals surface area contributed by atoms with E-state index in [1.807, 2.05) is 30.0 Å². The molecule has 3 atom stereocenters. The number of halogens is 1. The van der Waals surface area contributed by atoms with Crippen LogP contribution in [0.4, 0.5) is 5.69 Å². The van der Waals surface area contributed by atoms with Gasteiger partial charge >= 0.3 is 0 Å². The molecule has 2 fully saturated rings. The molecule has 0 bridgehead atoms. The minimum absolute atomic E-state index is 0.0332. The molecule has 3 rings (SSSR count). The molecule has 1 saturated carbocycles. The molecule has 130 valence electrons.